The molecular formula is C60H64N4O14S2. The van der Waals surface area contributed by atoms with Gasteiger partial charge in [0.1, 0.15) is 0 Å². The number of aryl methyl sites for hydroxylation is 2. The molecule has 4 amide bonds. The number of carbonyl (C=O) groups excluding carboxylic acids is 6. The van der Waals surface area contributed by atoms with Gasteiger partial charge in [0.25, 0.3) is 0 Å². The molecule has 0 aliphatic heterocycles. The number of Topliss-reactive ketones (excluding diaryl/α,β-unsaturated/α-hetero) is 2. The van der Waals surface area contributed by atoms with Crippen LogP contribution in [0.2, 0.25) is 0 Å². The lowest BCUT2D eigenvalue weighted by molar-refractivity contribution is -0.139. The Morgan fingerprint density at radius 3 is 1.04 bits per heavy atom. The quantitative estimate of drug-likeness (QED) is 0.0196. The summed E-state index contributed by atoms with van der Waals surface area (Å²) in [4.78, 5) is 120. The number of nitrogens with two attached hydrogens (primary N) is 2. The second-order valence-corrected chi connectivity index (χ2v) is 20.9. The van der Waals surface area contributed by atoms with E-state index < -0.39 is 83.0 Å². The average Bonchev–Trinajstić information content (AvgIpc) is 4.15. The molecule has 420 valence electrons. The van der Waals surface area contributed by atoms with E-state index in [1.165, 1.54) is 0 Å². The zero-order valence-corrected chi connectivity index (χ0v) is 45.4. The van der Waals surface area contributed by atoms with Gasteiger partial charge in [-0.25, -0.2) is 0 Å². The van der Waals surface area contributed by atoms with E-state index in [9.17, 15) is 47.9 Å². The maximum absolute atomic E-state index is 12.8. The lowest BCUT2D eigenvalue weighted by Gasteiger charge is -2.19. The van der Waals surface area contributed by atoms with Gasteiger partial charge in [0.15, 0.2) is 11.6 Å². The lowest BCUT2D eigenvalue weighted by atomic mass is 9.92. The molecule has 0 radical (unpaired) electrons. The monoisotopic (exact) mass is 1130 g/mol. The van der Waals surface area contributed by atoms with Crippen LogP contribution in [-0.2, 0) is 60.8 Å². The number of benzene rings is 4. The maximum Gasteiger partial charge on any atom is 0.303 e. The number of nitrogens with one attached hydrogen (secondary N) is 2. The number of ketones is 2. The van der Waals surface area contributed by atoms with Gasteiger partial charge < -0.3 is 42.5 Å². The zero-order chi connectivity index (χ0) is 58.1. The summed E-state index contributed by atoms with van der Waals surface area (Å²) >= 11 is 3.30. The van der Waals surface area contributed by atoms with Crippen molar-refractivity contribution < 1.29 is 68.4 Å². The number of thiophene rings is 2. The molecule has 10 N–H and O–H groups in total. The first-order valence-electron chi connectivity index (χ1n) is 25.8. The van der Waals surface area contributed by atoms with Crippen molar-refractivity contribution in [3.05, 3.63) is 143 Å². The Kier molecular flexibility index (Phi) is 24.7. The second-order valence-electron chi connectivity index (χ2n) is 19.0. The molecule has 20 heteroatoms. The molecule has 0 fully saturated rings. The summed E-state index contributed by atoms with van der Waals surface area (Å²) in [5.74, 6) is -10.2. The minimum atomic E-state index is -1.13. The van der Waals surface area contributed by atoms with Gasteiger partial charge in [-0.15, -0.1) is 22.7 Å². The first-order chi connectivity index (χ1) is 38.2. The number of rotatable bonds is 32. The normalized spacial score (nSPS) is 12.3. The van der Waals surface area contributed by atoms with Gasteiger partial charge in [-0.3, -0.25) is 47.9 Å². The van der Waals surface area contributed by atoms with Crippen LogP contribution in [0, 0.1) is 11.8 Å². The SMILES string of the molecule is NC(=O)[C@@H](CCC(=O)O)CC(=O)[C@H](CCC(=O)O)NC(=O)CCc1ccc(-c2cc(-c3ccccc3)cs2)cc1.NC(=O)[C@H](CCC(=O)O)CC(=O)[C@H](CCC(=O)O)NC(=O)CCc1ccc(-c2cc(-c3ccccc3)cs2)cc1. The van der Waals surface area contributed by atoms with Gasteiger partial charge in [0.05, 0.1) is 12.1 Å². The molecule has 4 aromatic carbocycles. The summed E-state index contributed by atoms with van der Waals surface area (Å²) < 4.78 is 0. The summed E-state index contributed by atoms with van der Waals surface area (Å²) in [5, 5.41) is 45.2. The Bertz CT molecular complexity index is 2880. The fourth-order valence-corrected chi connectivity index (χ4v) is 10.3. The van der Waals surface area contributed by atoms with E-state index in [4.69, 9.17) is 31.9 Å². The van der Waals surface area contributed by atoms with Crippen LogP contribution in [-0.4, -0.2) is 91.6 Å². The van der Waals surface area contributed by atoms with E-state index in [-0.39, 0.29) is 77.0 Å². The molecule has 0 aliphatic rings. The Labute approximate surface area is 470 Å². The van der Waals surface area contributed by atoms with E-state index >= 15 is 0 Å². The Morgan fingerprint density at radius 1 is 0.400 bits per heavy atom. The van der Waals surface area contributed by atoms with Crippen LogP contribution in [0.15, 0.2) is 132 Å². The summed E-state index contributed by atoms with van der Waals surface area (Å²) in [7, 11) is 0. The van der Waals surface area contributed by atoms with Crippen LogP contribution in [0.25, 0.3) is 43.1 Å². The highest BCUT2D eigenvalue weighted by Crippen LogP contribution is 2.34. The van der Waals surface area contributed by atoms with Crippen LogP contribution < -0.4 is 22.1 Å². The smallest absolute Gasteiger partial charge is 0.303 e. The summed E-state index contributed by atoms with van der Waals surface area (Å²) in [6, 6.07) is 38.0. The van der Waals surface area contributed by atoms with Gasteiger partial charge in [-0.2, -0.15) is 0 Å². The molecule has 80 heavy (non-hydrogen) atoms. The third-order valence-corrected chi connectivity index (χ3v) is 15.0. The number of hydrogen-bond donors (Lipinski definition) is 8. The van der Waals surface area contributed by atoms with Crippen LogP contribution in [0.4, 0.5) is 0 Å². The molecular weight excluding hydrogens is 1060 g/mol. The predicted octanol–water partition coefficient (Wildman–Crippen LogP) is 8.58. The van der Waals surface area contributed by atoms with Gasteiger partial charge in [-0.05, 0) is 106 Å². The van der Waals surface area contributed by atoms with E-state index in [2.05, 4.69) is 57.8 Å². The minimum Gasteiger partial charge on any atom is -0.481 e. The van der Waals surface area contributed by atoms with Gasteiger partial charge in [0.2, 0.25) is 23.6 Å². The van der Waals surface area contributed by atoms with Crippen molar-refractivity contribution in [3.8, 4) is 43.1 Å². The number of hydrogen-bond acceptors (Lipinski definition) is 12. The van der Waals surface area contributed by atoms with Crippen molar-refractivity contribution in [1.82, 2.24) is 10.6 Å². The van der Waals surface area contributed by atoms with Crippen LogP contribution >= 0.6 is 22.7 Å². The van der Waals surface area contributed by atoms with Crippen LogP contribution in [0.5, 0.6) is 0 Å². The standard InChI is InChI=1S/2C30H32N2O7S/c2*31-30(39)22(11-14-28(35)36)16-25(33)24(12-15-29(37)38)32-27(34)13-8-19-6-9-21(10-7-19)26-17-23(18-40-26)20-4-2-1-3-5-20/h2*1-7,9-10,17-18,22,24H,8,11-16H2,(H2,31,39)(H,32,34)(H,35,36)(H,37,38)/t22-,24+;22-,24-/m10/s1. The van der Waals surface area contributed by atoms with Crippen LogP contribution in [0.3, 0.4) is 0 Å². The number of aliphatic carboxylic acids is 4. The first kappa shape index (κ1) is 62.2. The molecule has 18 nitrogen and oxygen atoms in total. The molecule has 2 heterocycles. The van der Waals surface area contributed by atoms with Gasteiger partial charge >= 0.3 is 23.9 Å². The highest BCUT2D eigenvalue weighted by molar-refractivity contribution is 7.14. The van der Waals surface area contributed by atoms with Gasteiger partial charge in [0, 0.05) is 73.0 Å². The molecule has 0 saturated carbocycles. The molecule has 6 aromatic rings. The molecule has 0 spiro atoms. The number of amides is 4. The van der Waals surface area contributed by atoms with Crippen molar-refractivity contribution in [2.75, 3.05) is 0 Å². The highest BCUT2D eigenvalue weighted by atomic mass is 32.1. The summed E-state index contributed by atoms with van der Waals surface area (Å²) in [5.41, 5.74) is 19.2. The van der Waals surface area contributed by atoms with Crippen molar-refractivity contribution in [3.63, 3.8) is 0 Å². The van der Waals surface area contributed by atoms with Crippen molar-refractivity contribution >= 4 is 81.7 Å². The molecule has 4 atom stereocenters. The fourth-order valence-electron chi connectivity index (χ4n) is 8.48. The van der Waals surface area contributed by atoms with Crippen LogP contribution in [0.1, 0.15) is 88.2 Å². The van der Waals surface area contributed by atoms with E-state index in [1.54, 1.807) is 22.7 Å². The van der Waals surface area contributed by atoms with Crippen molar-refractivity contribution in [2.24, 2.45) is 23.3 Å². The minimum absolute atomic E-state index is 0.0750. The first-order valence-corrected chi connectivity index (χ1v) is 27.6. The zero-order valence-electron chi connectivity index (χ0n) is 43.8. The van der Waals surface area contributed by atoms with Gasteiger partial charge in [-0.1, -0.05) is 109 Å². The highest BCUT2D eigenvalue weighted by Gasteiger charge is 2.29. The number of primary amides is 2. The predicted molar refractivity (Wildman–Crippen MR) is 303 cm³/mol. The largest absolute Gasteiger partial charge is 0.481 e. The Hall–Kier alpha value is -8.62. The second kappa shape index (κ2) is 31.7. The molecule has 0 bridgehead atoms. The molecule has 2 aromatic heterocycles. The Balaban J connectivity index is 0.000000294. The fraction of sp³-hybridized carbons (Fsp3) is 0.300. The molecule has 0 unspecified atom stereocenters. The topological polar surface area (TPSA) is 328 Å². The maximum atomic E-state index is 12.8. The summed E-state index contributed by atoms with van der Waals surface area (Å²) in [6.45, 7) is 0. The molecule has 0 saturated heterocycles. The average molecular weight is 1130 g/mol. The van der Waals surface area contributed by atoms with E-state index in [1.807, 2.05) is 84.9 Å². The molecule has 6 rings (SSSR count). The number of carbonyl (C=O) groups is 10. The third-order valence-electron chi connectivity index (χ3n) is 13.0. The summed E-state index contributed by atoms with van der Waals surface area (Å²) in [6.07, 6.45) is -1.70. The molecule has 0 aliphatic carbocycles. The van der Waals surface area contributed by atoms with Crippen molar-refractivity contribution in [2.45, 2.75) is 102 Å². The number of carboxylic acid groups (broad SMARTS) is 4. The van der Waals surface area contributed by atoms with E-state index in [0.29, 0.717) is 12.8 Å². The lowest BCUT2D eigenvalue weighted by Crippen LogP contribution is -2.43. The number of carboxylic acids is 4. The van der Waals surface area contributed by atoms with E-state index in [0.717, 1.165) is 54.3 Å². The Morgan fingerprint density at radius 2 is 0.725 bits per heavy atom. The third kappa shape index (κ3) is 21.3. The van der Waals surface area contributed by atoms with Crippen molar-refractivity contribution in [1.29, 1.82) is 0 Å².